The molecule has 31 heavy (non-hydrogen) atoms. The first-order valence-corrected chi connectivity index (χ1v) is 10.7. The molecule has 0 radical (unpaired) electrons. The lowest BCUT2D eigenvalue weighted by Crippen LogP contribution is -2.40. The number of likely N-dealkylation sites (tertiary alicyclic amines) is 1. The summed E-state index contributed by atoms with van der Waals surface area (Å²) in [6.07, 6.45) is 1.51. The van der Waals surface area contributed by atoms with E-state index in [-0.39, 0.29) is 17.6 Å². The van der Waals surface area contributed by atoms with Crippen LogP contribution in [0.25, 0.3) is 5.82 Å². The normalized spacial score (nSPS) is 15.2. The van der Waals surface area contributed by atoms with E-state index in [9.17, 15) is 9.59 Å². The first-order valence-electron chi connectivity index (χ1n) is 10.7. The minimum Gasteiger partial charge on any atom is -0.360 e. The molecule has 3 aromatic rings. The maximum atomic E-state index is 13.0. The standard InChI is InChI=1S/C24H28N4O3/c1-16-13-21(18(3)28(16)23-14-17(2)31-26-23)22(29)15-27-11-9-19(10-12-27)24(30)25-20-7-5-4-6-8-20/h4-8,13-14,19H,9-12,15H2,1-3H3,(H,25,30). The molecule has 0 bridgehead atoms. The van der Waals surface area contributed by atoms with Crippen LogP contribution in [0.4, 0.5) is 5.69 Å². The number of anilines is 1. The summed E-state index contributed by atoms with van der Waals surface area (Å²) in [5.74, 6) is 1.55. The Morgan fingerprint density at radius 1 is 1.10 bits per heavy atom. The molecule has 0 aliphatic carbocycles. The third-order valence-corrected chi connectivity index (χ3v) is 5.94. The Morgan fingerprint density at radius 3 is 2.45 bits per heavy atom. The predicted octanol–water partition coefficient (Wildman–Crippen LogP) is 3.92. The number of Topliss-reactive ketones (excluding diaryl/α,β-unsaturated/α-hetero) is 1. The quantitative estimate of drug-likeness (QED) is 0.611. The second-order valence-electron chi connectivity index (χ2n) is 8.24. The van der Waals surface area contributed by atoms with E-state index in [1.807, 2.05) is 67.8 Å². The van der Waals surface area contributed by atoms with Crippen LogP contribution in [-0.4, -0.2) is 45.9 Å². The largest absolute Gasteiger partial charge is 0.360 e. The second kappa shape index (κ2) is 8.89. The molecule has 1 N–H and O–H groups in total. The van der Waals surface area contributed by atoms with E-state index < -0.39 is 0 Å². The summed E-state index contributed by atoms with van der Waals surface area (Å²) >= 11 is 0. The van der Waals surface area contributed by atoms with Crippen molar-refractivity contribution in [3.63, 3.8) is 0 Å². The van der Waals surface area contributed by atoms with Crippen molar-refractivity contribution in [1.29, 1.82) is 0 Å². The summed E-state index contributed by atoms with van der Waals surface area (Å²) in [5, 5.41) is 7.07. The molecule has 1 aromatic carbocycles. The fourth-order valence-corrected chi connectivity index (χ4v) is 4.26. The van der Waals surface area contributed by atoms with Crippen molar-refractivity contribution in [2.24, 2.45) is 5.92 Å². The molecule has 2 aromatic heterocycles. The average molecular weight is 421 g/mol. The van der Waals surface area contributed by atoms with E-state index in [0.717, 1.165) is 48.8 Å². The molecule has 1 amide bonds. The van der Waals surface area contributed by atoms with Crippen LogP contribution in [0, 0.1) is 26.7 Å². The lowest BCUT2D eigenvalue weighted by atomic mass is 9.95. The Balaban J connectivity index is 1.35. The zero-order valence-electron chi connectivity index (χ0n) is 18.2. The fourth-order valence-electron chi connectivity index (χ4n) is 4.26. The monoisotopic (exact) mass is 420 g/mol. The summed E-state index contributed by atoms with van der Waals surface area (Å²) in [6.45, 7) is 7.57. The molecule has 4 rings (SSSR count). The first-order chi connectivity index (χ1) is 14.9. The number of aryl methyl sites for hydroxylation is 2. The number of benzene rings is 1. The number of hydrogen-bond donors (Lipinski definition) is 1. The minimum atomic E-state index is -0.0213. The number of piperidine rings is 1. The van der Waals surface area contributed by atoms with Crippen LogP contribution < -0.4 is 5.32 Å². The molecule has 7 heteroatoms. The highest BCUT2D eigenvalue weighted by Gasteiger charge is 2.27. The molecular formula is C24H28N4O3. The number of amides is 1. The minimum absolute atomic E-state index is 0.0213. The maximum absolute atomic E-state index is 13.0. The second-order valence-corrected chi connectivity index (χ2v) is 8.24. The van der Waals surface area contributed by atoms with Crippen LogP contribution in [0.3, 0.4) is 0 Å². The number of nitrogens with zero attached hydrogens (tertiary/aromatic N) is 3. The summed E-state index contributed by atoms with van der Waals surface area (Å²) in [6, 6.07) is 13.3. The van der Waals surface area contributed by atoms with Crippen molar-refractivity contribution in [2.45, 2.75) is 33.6 Å². The molecular weight excluding hydrogens is 392 g/mol. The van der Waals surface area contributed by atoms with Gasteiger partial charge in [-0.1, -0.05) is 23.4 Å². The third kappa shape index (κ3) is 4.61. The van der Waals surface area contributed by atoms with Gasteiger partial charge in [0.15, 0.2) is 11.6 Å². The number of nitrogens with one attached hydrogen (secondary N) is 1. The van der Waals surface area contributed by atoms with Gasteiger partial charge in [0.1, 0.15) is 5.76 Å². The first kappa shape index (κ1) is 21.1. The Morgan fingerprint density at radius 2 is 1.81 bits per heavy atom. The number of para-hydroxylation sites is 1. The van der Waals surface area contributed by atoms with Gasteiger partial charge >= 0.3 is 0 Å². The molecule has 0 atom stereocenters. The van der Waals surface area contributed by atoms with Gasteiger partial charge in [-0.05, 0) is 64.9 Å². The zero-order valence-corrected chi connectivity index (χ0v) is 18.2. The van der Waals surface area contributed by atoms with Gasteiger partial charge in [-0.2, -0.15) is 0 Å². The average Bonchev–Trinajstić information content (AvgIpc) is 3.31. The molecule has 1 aliphatic rings. The molecule has 162 valence electrons. The number of rotatable bonds is 6. The van der Waals surface area contributed by atoms with Gasteiger partial charge < -0.3 is 9.84 Å². The lowest BCUT2D eigenvalue weighted by Gasteiger charge is -2.30. The molecule has 1 fully saturated rings. The van der Waals surface area contributed by atoms with Gasteiger partial charge in [0, 0.05) is 34.6 Å². The predicted molar refractivity (Wildman–Crippen MR) is 119 cm³/mol. The zero-order chi connectivity index (χ0) is 22.0. The molecule has 1 aliphatic heterocycles. The van der Waals surface area contributed by atoms with Crippen molar-refractivity contribution in [2.75, 3.05) is 25.0 Å². The number of carbonyl (C=O) groups is 2. The van der Waals surface area contributed by atoms with Crippen LogP contribution in [0.15, 0.2) is 47.0 Å². The van der Waals surface area contributed by atoms with E-state index >= 15 is 0 Å². The number of hydrogen-bond acceptors (Lipinski definition) is 5. The number of ketones is 1. The highest BCUT2D eigenvalue weighted by Crippen LogP contribution is 2.23. The van der Waals surface area contributed by atoms with E-state index in [0.29, 0.717) is 17.9 Å². The third-order valence-electron chi connectivity index (χ3n) is 5.94. The Kier molecular flexibility index (Phi) is 6.04. The summed E-state index contributed by atoms with van der Waals surface area (Å²) in [4.78, 5) is 27.7. The van der Waals surface area contributed by atoms with Gasteiger partial charge in [-0.25, -0.2) is 0 Å². The van der Waals surface area contributed by atoms with Crippen LogP contribution >= 0.6 is 0 Å². The molecule has 7 nitrogen and oxygen atoms in total. The molecule has 0 unspecified atom stereocenters. The van der Waals surface area contributed by atoms with Crippen LogP contribution in [0.5, 0.6) is 0 Å². The van der Waals surface area contributed by atoms with Crippen molar-refractivity contribution in [3.05, 3.63) is 65.2 Å². The summed E-state index contributed by atoms with van der Waals surface area (Å²) < 4.78 is 7.14. The molecule has 0 saturated carbocycles. The van der Waals surface area contributed by atoms with Crippen LogP contribution in [-0.2, 0) is 4.79 Å². The van der Waals surface area contributed by atoms with Crippen molar-refractivity contribution in [1.82, 2.24) is 14.6 Å². The summed E-state index contributed by atoms with van der Waals surface area (Å²) in [5.41, 5.74) is 3.35. The van der Waals surface area contributed by atoms with E-state index in [1.165, 1.54) is 0 Å². The van der Waals surface area contributed by atoms with Crippen LogP contribution in [0.1, 0.15) is 40.3 Å². The Bertz CT molecular complexity index is 1080. The highest BCUT2D eigenvalue weighted by molar-refractivity contribution is 5.99. The van der Waals surface area contributed by atoms with Crippen molar-refractivity contribution in [3.8, 4) is 5.82 Å². The molecule has 3 heterocycles. The van der Waals surface area contributed by atoms with E-state index in [1.54, 1.807) is 0 Å². The maximum Gasteiger partial charge on any atom is 0.227 e. The van der Waals surface area contributed by atoms with E-state index in [2.05, 4.69) is 15.4 Å². The smallest absolute Gasteiger partial charge is 0.227 e. The fraction of sp³-hybridized carbons (Fsp3) is 0.375. The molecule has 0 spiro atoms. The Hall–Kier alpha value is -3.19. The highest BCUT2D eigenvalue weighted by atomic mass is 16.5. The topological polar surface area (TPSA) is 80.4 Å². The van der Waals surface area contributed by atoms with Crippen molar-refractivity contribution < 1.29 is 14.1 Å². The van der Waals surface area contributed by atoms with Crippen LogP contribution in [0.2, 0.25) is 0 Å². The van der Waals surface area contributed by atoms with Gasteiger partial charge in [0.2, 0.25) is 5.91 Å². The van der Waals surface area contributed by atoms with Crippen molar-refractivity contribution >= 4 is 17.4 Å². The van der Waals surface area contributed by atoms with Gasteiger partial charge in [0.25, 0.3) is 0 Å². The van der Waals surface area contributed by atoms with E-state index in [4.69, 9.17) is 4.52 Å². The summed E-state index contributed by atoms with van der Waals surface area (Å²) in [7, 11) is 0. The molecule has 1 saturated heterocycles. The van der Waals surface area contributed by atoms with Gasteiger partial charge in [-0.3, -0.25) is 19.1 Å². The Labute approximate surface area is 182 Å². The SMILES string of the molecule is Cc1cc(-n2c(C)cc(C(=O)CN3CCC(C(=O)Nc4ccccc4)CC3)c2C)no1. The number of aromatic nitrogens is 2. The number of carbonyl (C=O) groups excluding carboxylic acids is 2. The lowest BCUT2D eigenvalue weighted by molar-refractivity contribution is -0.121. The van der Waals surface area contributed by atoms with Gasteiger partial charge in [-0.15, -0.1) is 0 Å². The van der Waals surface area contributed by atoms with Gasteiger partial charge in [0.05, 0.1) is 6.54 Å².